The maximum absolute atomic E-state index is 13.9. The number of fused-ring (bicyclic) bond motifs is 7. The monoisotopic (exact) mass is 542 g/mol. The Morgan fingerprint density at radius 3 is 2.05 bits per heavy atom. The first-order valence-corrected chi connectivity index (χ1v) is 12.6. The zero-order valence-electron chi connectivity index (χ0n) is 20.9. The third-order valence-electron chi connectivity index (χ3n) is 8.76. The van der Waals surface area contributed by atoms with E-state index in [9.17, 15) is 45.0 Å². The summed E-state index contributed by atoms with van der Waals surface area (Å²) in [6, 6.07) is 6.51. The van der Waals surface area contributed by atoms with Crippen molar-refractivity contribution in [3.05, 3.63) is 92.6 Å². The van der Waals surface area contributed by atoms with E-state index in [-0.39, 0.29) is 34.4 Å². The number of esters is 1. The summed E-state index contributed by atoms with van der Waals surface area (Å²) in [6.07, 6.45) is -1.25. The Labute approximate surface area is 226 Å². The van der Waals surface area contributed by atoms with Gasteiger partial charge in [0.15, 0.2) is 5.78 Å². The summed E-state index contributed by atoms with van der Waals surface area (Å²) in [5.74, 6) is -5.30. The fraction of sp³-hybridized carbons (Fsp3) is 0.233. The molecule has 6 N–H and O–H groups in total. The summed E-state index contributed by atoms with van der Waals surface area (Å²) in [5.41, 5.74) is -1.43. The highest BCUT2D eigenvalue weighted by atomic mass is 16.6. The van der Waals surface area contributed by atoms with Gasteiger partial charge in [-0.2, -0.15) is 0 Å². The third kappa shape index (κ3) is 2.76. The van der Waals surface area contributed by atoms with Gasteiger partial charge >= 0.3 is 5.97 Å². The van der Waals surface area contributed by atoms with E-state index in [4.69, 9.17) is 4.74 Å². The number of rotatable bonds is 1. The summed E-state index contributed by atoms with van der Waals surface area (Å²) >= 11 is 0. The fourth-order valence-electron chi connectivity index (χ4n) is 7.18. The minimum Gasteiger partial charge on any atom is -0.507 e. The topological polar surface area (TPSA) is 182 Å². The summed E-state index contributed by atoms with van der Waals surface area (Å²) in [4.78, 5) is 40.4. The van der Waals surface area contributed by atoms with Crippen LogP contribution >= 0.6 is 0 Å². The number of hydrogen-bond acceptors (Lipinski definition) is 10. The lowest BCUT2D eigenvalue weighted by Gasteiger charge is -2.46. The van der Waals surface area contributed by atoms with E-state index in [1.165, 1.54) is 18.2 Å². The summed E-state index contributed by atoms with van der Waals surface area (Å²) in [5, 5.41) is 64.8. The van der Waals surface area contributed by atoms with Crippen LogP contribution in [0.2, 0.25) is 0 Å². The molecule has 1 heterocycles. The number of benzene rings is 3. The number of hydrogen-bond donors (Lipinski definition) is 6. The number of ether oxygens (including phenoxy) is 1. The van der Waals surface area contributed by atoms with Crippen LogP contribution in [0.1, 0.15) is 76.5 Å². The predicted molar refractivity (Wildman–Crippen MR) is 136 cm³/mol. The lowest BCUT2D eigenvalue weighted by Crippen LogP contribution is -2.51. The van der Waals surface area contributed by atoms with Crippen molar-refractivity contribution >= 4 is 17.5 Å². The maximum Gasteiger partial charge on any atom is 0.342 e. The van der Waals surface area contributed by atoms with Crippen LogP contribution < -0.4 is 0 Å². The number of cyclic esters (lactones) is 1. The summed E-state index contributed by atoms with van der Waals surface area (Å²) < 4.78 is 5.78. The Kier molecular flexibility index (Phi) is 4.70. The van der Waals surface area contributed by atoms with Gasteiger partial charge in [0.1, 0.15) is 34.7 Å². The second kappa shape index (κ2) is 7.71. The van der Waals surface area contributed by atoms with E-state index in [1.54, 1.807) is 19.1 Å². The van der Waals surface area contributed by atoms with Crippen LogP contribution in [0.25, 0.3) is 0 Å². The Morgan fingerprint density at radius 1 is 0.775 bits per heavy atom. The van der Waals surface area contributed by atoms with Gasteiger partial charge < -0.3 is 35.4 Å². The van der Waals surface area contributed by atoms with E-state index in [0.29, 0.717) is 16.7 Å². The molecule has 40 heavy (non-hydrogen) atoms. The van der Waals surface area contributed by atoms with Crippen molar-refractivity contribution in [2.45, 2.75) is 37.6 Å². The second-order valence-corrected chi connectivity index (χ2v) is 10.9. The minimum absolute atomic E-state index is 0.0682. The van der Waals surface area contributed by atoms with Crippen LogP contribution in [0.5, 0.6) is 23.0 Å². The van der Waals surface area contributed by atoms with E-state index in [0.717, 1.165) is 12.1 Å². The molecular weight excluding hydrogens is 520 g/mol. The number of aryl methyl sites for hydroxylation is 1. The molecule has 0 radical (unpaired) electrons. The van der Waals surface area contributed by atoms with Crippen molar-refractivity contribution in [2.75, 3.05) is 0 Å². The molecule has 0 saturated carbocycles. The lowest BCUT2D eigenvalue weighted by molar-refractivity contribution is -0.118. The molecule has 0 aromatic heterocycles. The van der Waals surface area contributed by atoms with Crippen LogP contribution in [-0.2, 0) is 11.2 Å². The molecule has 3 aromatic rings. The molecule has 1 aliphatic heterocycles. The number of phenols is 4. The molecule has 0 spiro atoms. The molecule has 0 saturated heterocycles. The van der Waals surface area contributed by atoms with Gasteiger partial charge in [0.2, 0.25) is 5.78 Å². The van der Waals surface area contributed by atoms with Gasteiger partial charge in [-0.3, -0.25) is 9.59 Å². The number of ketones is 2. The quantitative estimate of drug-likeness (QED) is 0.119. The Morgan fingerprint density at radius 2 is 1.38 bits per heavy atom. The minimum atomic E-state index is -1.53. The van der Waals surface area contributed by atoms with Gasteiger partial charge in [0.25, 0.3) is 0 Å². The summed E-state index contributed by atoms with van der Waals surface area (Å²) in [6.45, 7) is 1.71. The average molecular weight is 542 g/mol. The highest BCUT2D eigenvalue weighted by Crippen LogP contribution is 2.64. The predicted octanol–water partition coefficient (Wildman–Crippen LogP) is 2.42. The first kappa shape index (κ1) is 24.4. The van der Waals surface area contributed by atoms with Crippen LogP contribution in [0.3, 0.4) is 0 Å². The molecule has 3 aliphatic carbocycles. The molecular formula is C30H22O10. The lowest BCUT2D eigenvalue weighted by atomic mass is 9.61. The number of phenolic OH excluding ortho intramolecular Hbond substituents is 4. The number of carbonyl (C=O) groups is 3. The smallest absolute Gasteiger partial charge is 0.342 e. The SMILES string of the molecule is Cc1cc(O)c2c(c1)C(C13Cc4cc(O)c5c(c4C1C=CC(O)C3O)C(=O)c1c(O)ccc(O)c1C5=O)OC2=O. The molecule has 202 valence electrons. The number of aromatic hydroxyl groups is 4. The van der Waals surface area contributed by atoms with Gasteiger partial charge in [-0.15, -0.1) is 0 Å². The number of allylic oxidation sites excluding steroid dienone is 1. The average Bonchev–Trinajstić information content (AvgIpc) is 3.41. The molecule has 5 unspecified atom stereocenters. The number of aliphatic hydroxyl groups excluding tert-OH is 2. The van der Waals surface area contributed by atoms with Gasteiger partial charge in [0.05, 0.1) is 34.3 Å². The molecule has 0 fully saturated rings. The van der Waals surface area contributed by atoms with E-state index < -0.39 is 75.6 Å². The van der Waals surface area contributed by atoms with Crippen LogP contribution in [0.15, 0.2) is 42.5 Å². The zero-order chi connectivity index (χ0) is 28.4. The van der Waals surface area contributed by atoms with E-state index >= 15 is 0 Å². The fourth-order valence-corrected chi connectivity index (χ4v) is 7.18. The second-order valence-electron chi connectivity index (χ2n) is 10.9. The van der Waals surface area contributed by atoms with Crippen molar-refractivity contribution < 1.29 is 49.8 Å². The molecule has 4 aliphatic rings. The normalized spacial score (nSPS) is 27.5. The van der Waals surface area contributed by atoms with Crippen molar-refractivity contribution in [3.8, 4) is 23.0 Å². The molecule has 7 rings (SSSR count). The number of aliphatic hydroxyl groups is 2. The van der Waals surface area contributed by atoms with Crippen LogP contribution in [0, 0.1) is 12.3 Å². The largest absolute Gasteiger partial charge is 0.507 e. The van der Waals surface area contributed by atoms with Crippen molar-refractivity contribution in [1.82, 2.24) is 0 Å². The van der Waals surface area contributed by atoms with Crippen LogP contribution in [0.4, 0.5) is 0 Å². The van der Waals surface area contributed by atoms with Gasteiger partial charge in [-0.1, -0.05) is 18.2 Å². The van der Waals surface area contributed by atoms with Gasteiger partial charge in [-0.05, 0) is 54.3 Å². The molecule has 10 nitrogen and oxygen atoms in total. The maximum atomic E-state index is 13.9. The third-order valence-corrected chi connectivity index (χ3v) is 8.76. The van der Waals surface area contributed by atoms with Gasteiger partial charge in [0, 0.05) is 17.0 Å². The van der Waals surface area contributed by atoms with Crippen molar-refractivity contribution in [2.24, 2.45) is 5.41 Å². The van der Waals surface area contributed by atoms with Gasteiger partial charge in [-0.25, -0.2) is 4.79 Å². The highest BCUT2D eigenvalue weighted by Gasteiger charge is 2.63. The molecule has 3 aromatic carbocycles. The van der Waals surface area contributed by atoms with E-state index in [1.807, 2.05) is 0 Å². The van der Waals surface area contributed by atoms with Crippen molar-refractivity contribution in [1.29, 1.82) is 0 Å². The molecule has 5 atom stereocenters. The Balaban J connectivity index is 1.51. The standard InChI is InChI=1S/C30H22O10/c1-10-6-12-20(17(34)7-10)29(39)40-28(12)30-9-11-8-18(35)23-24(19(11)13(30)2-3-16(33)27(30)38)26(37)22-15(32)5-4-14(31)21(22)25(23)36/h2-8,13,16,27-28,31-35,38H,9H2,1H3. The molecule has 0 amide bonds. The molecule has 10 heteroatoms. The van der Waals surface area contributed by atoms with E-state index in [2.05, 4.69) is 0 Å². The Bertz CT molecular complexity index is 1770. The molecule has 0 bridgehead atoms. The first-order chi connectivity index (χ1) is 19.0. The Hall–Kier alpha value is -4.67. The van der Waals surface area contributed by atoms with Crippen molar-refractivity contribution in [3.63, 3.8) is 0 Å². The summed E-state index contributed by atoms with van der Waals surface area (Å²) in [7, 11) is 0. The highest BCUT2D eigenvalue weighted by molar-refractivity contribution is 6.31. The van der Waals surface area contributed by atoms with Crippen LogP contribution in [-0.4, -0.2) is 60.4 Å². The number of carbonyl (C=O) groups excluding carboxylic acids is 3. The zero-order valence-corrected chi connectivity index (χ0v) is 20.9. The first-order valence-electron chi connectivity index (χ1n) is 12.6.